The van der Waals surface area contributed by atoms with E-state index in [4.69, 9.17) is 15.2 Å². The molecule has 3 heterocycles. The maximum atomic E-state index is 13.8. The van der Waals surface area contributed by atoms with Crippen LogP contribution in [0.2, 0.25) is 0 Å². The number of rotatable bonds is 6. The number of nitriles is 1. The Morgan fingerprint density at radius 3 is 2.65 bits per heavy atom. The zero-order valence-electron chi connectivity index (χ0n) is 16.6. The minimum absolute atomic E-state index is 0.146. The van der Waals surface area contributed by atoms with Crippen LogP contribution in [0.25, 0.3) is 11.4 Å². The average molecular weight is 421 g/mol. The average Bonchev–Trinajstić information content (AvgIpc) is 2.84. The molecule has 2 aromatic heterocycles. The van der Waals surface area contributed by atoms with Gasteiger partial charge in [0.25, 0.3) is 0 Å². The summed E-state index contributed by atoms with van der Waals surface area (Å²) >= 11 is 0. The van der Waals surface area contributed by atoms with Crippen LogP contribution in [0, 0.1) is 11.3 Å². The first-order valence-corrected chi connectivity index (χ1v) is 9.71. The van der Waals surface area contributed by atoms with E-state index < -0.39 is 6.17 Å². The van der Waals surface area contributed by atoms with Crippen LogP contribution in [-0.4, -0.2) is 52.8 Å². The Kier molecular flexibility index (Phi) is 6.26. The first kappa shape index (κ1) is 20.6. The molecule has 2 N–H and O–H groups in total. The molecule has 3 aromatic rings. The summed E-state index contributed by atoms with van der Waals surface area (Å²) in [6.45, 7) is 2.57. The molecule has 0 amide bonds. The smallest absolute Gasteiger partial charge is 0.224 e. The van der Waals surface area contributed by atoms with Crippen molar-refractivity contribution in [1.82, 2.24) is 19.9 Å². The molecule has 0 radical (unpaired) electrons. The van der Waals surface area contributed by atoms with Gasteiger partial charge in [-0.1, -0.05) is 0 Å². The lowest BCUT2D eigenvalue weighted by molar-refractivity contribution is 0.122. The highest BCUT2D eigenvalue weighted by Crippen LogP contribution is 2.33. The van der Waals surface area contributed by atoms with E-state index >= 15 is 0 Å². The number of halogens is 1. The molecule has 1 aromatic carbocycles. The molecule has 10 heteroatoms. The first-order chi connectivity index (χ1) is 15.2. The Balaban J connectivity index is 1.64. The van der Waals surface area contributed by atoms with Gasteiger partial charge in [0, 0.05) is 43.7 Å². The van der Waals surface area contributed by atoms with Crippen LogP contribution in [0.1, 0.15) is 17.3 Å². The molecule has 1 atom stereocenters. The van der Waals surface area contributed by atoms with Gasteiger partial charge in [-0.3, -0.25) is 0 Å². The summed E-state index contributed by atoms with van der Waals surface area (Å²) in [5, 5.41) is 9.29. The number of hydrogen-bond donors (Lipinski definition) is 1. The number of aromatic nitrogens is 4. The molecule has 0 bridgehead atoms. The van der Waals surface area contributed by atoms with Crippen molar-refractivity contribution in [3.63, 3.8) is 0 Å². The largest absolute Gasteiger partial charge is 0.438 e. The topological polar surface area (TPSA) is 123 Å². The number of benzene rings is 1. The van der Waals surface area contributed by atoms with Crippen molar-refractivity contribution in [1.29, 1.82) is 5.26 Å². The van der Waals surface area contributed by atoms with Crippen molar-refractivity contribution in [2.24, 2.45) is 5.73 Å². The molecule has 158 valence electrons. The number of alkyl halides is 1. The molecule has 0 spiro atoms. The number of ether oxygens (including phenoxy) is 2. The van der Waals surface area contributed by atoms with Crippen molar-refractivity contribution in [3.05, 3.63) is 54.1 Å². The Morgan fingerprint density at radius 2 is 1.94 bits per heavy atom. The second kappa shape index (κ2) is 9.42. The molecular formula is C21H20FN7O2. The molecule has 9 nitrogen and oxygen atoms in total. The number of morpholine rings is 1. The van der Waals surface area contributed by atoms with Gasteiger partial charge in [0.1, 0.15) is 24.1 Å². The molecule has 1 saturated heterocycles. The van der Waals surface area contributed by atoms with Crippen molar-refractivity contribution in [2.45, 2.75) is 6.17 Å². The minimum atomic E-state index is -1.33. The molecule has 1 aliphatic rings. The van der Waals surface area contributed by atoms with Gasteiger partial charge in [0.2, 0.25) is 5.88 Å². The van der Waals surface area contributed by atoms with Crippen LogP contribution in [-0.2, 0) is 4.74 Å². The first-order valence-electron chi connectivity index (χ1n) is 9.71. The van der Waals surface area contributed by atoms with Gasteiger partial charge >= 0.3 is 0 Å². The molecule has 4 rings (SSSR count). The van der Waals surface area contributed by atoms with Gasteiger partial charge in [0.15, 0.2) is 5.82 Å². The zero-order valence-corrected chi connectivity index (χ0v) is 16.6. The lowest BCUT2D eigenvalue weighted by atomic mass is 10.1. The normalized spacial score (nSPS) is 14.7. The van der Waals surface area contributed by atoms with E-state index in [-0.39, 0.29) is 6.54 Å². The fraction of sp³-hybridized carbons (Fsp3) is 0.286. The highest BCUT2D eigenvalue weighted by atomic mass is 19.1. The van der Waals surface area contributed by atoms with E-state index in [0.29, 0.717) is 47.4 Å². The third-order valence-electron chi connectivity index (χ3n) is 4.77. The fourth-order valence-electron chi connectivity index (χ4n) is 3.10. The number of anilines is 1. The lowest BCUT2D eigenvalue weighted by Crippen LogP contribution is -2.36. The molecule has 0 unspecified atom stereocenters. The van der Waals surface area contributed by atoms with Gasteiger partial charge in [-0.05, 0) is 18.2 Å². The highest BCUT2D eigenvalue weighted by Gasteiger charge is 2.17. The monoisotopic (exact) mass is 421 g/mol. The summed E-state index contributed by atoms with van der Waals surface area (Å²) in [7, 11) is 0. The lowest BCUT2D eigenvalue weighted by Gasteiger charge is -2.27. The molecule has 0 aliphatic carbocycles. The van der Waals surface area contributed by atoms with Gasteiger partial charge < -0.3 is 20.1 Å². The Labute approximate surface area is 178 Å². The van der Waals surface area contributed by atoms with Crippen LogP contribution >= 0.6 is 0 Å². The van der Waals surface area contributed by atoms with Gasteiger partial charge in [-0.15, -0.1) is 0 Å². The number of nitrogens with two attached hydrogens (primary N) is 1. The Morgan fingerprint density at radius 1 is 1.16 bits per heavy atom. The van der Waals surface area contributed by atoms with Crippen LogP contribution in [0.4, 0.5) is 10.2 Å². The second-order valence-corrected chi connectivity index (χ2v) is 6.78. The van der Waals surface area contributed by atoms with E-state index in [0.717, 1.165) is 18.9 Å². The predicted molar refractivity (Wildman–Crippen MR) is 110 cm³/mol. The minimum Gasteiger partial charge on any atom is -0.438 e. The predicted octanol–water partition coefficient (Wildman–Crippen LogP) is 2.40. The summed E-state index contributed by atoms with van der Waals surface area (Å²) < 4.78 is 25.1. The maximum absolute atomic E-state index is 13.8. The Hall–Kier alpha value is -3.68. The maximum Gasteiger partial charge on any atom is 0.224 e. The third kappa shape index (κ3) is 4.74. The Bertz CT molecular complexity index is 1080. The number of nitrogens with zero attached hydrogens (tertiary/aromatic N) is 6. The summed E-state index contributed by atoms with van der Waals surface area (Å²) in [5.41, 5.74) is 6.61. The summed E-state index contributed by atoms with van der Waals surface area (Å²) in [5.74, 6) is 1.73. The van der Waals surface area contributed by atoms with Crippen LogP contribution < -0.4 is 15.4 Å². The molecule has 1 fully saturated rings. The van der Waals surface area contributed by atoms with Gasteiger partial charge in [0.05, 0.1) is 30.4 Å². The van der Waals surface area contributed by atoms with Crippen molar-refractivity contribution in [2.75, 3.05) is 37.7 Å². The van der Waals surface area contributed by atoms with E-state index in [1.165, 1.54) is 18.7 Å². The van der Waals surface area contributed by atoms with Crippen LogP contribution in [0.3, 0.4) is 0 Å². The molecular weight excluding hydrogens is 401 g/mol. The number of hydrogen-bond acceptors (Lipinski definition) is 9. The molecule has 1 aliphatic heterocycles. The van der Waals surface area contributed by atoms with E-state index in [9.17, 15) is 9.65 Å². The van der Waals surface area contributed by atoms with E-state index in [1.54, 1.807) is 24.3 Å². The van der Waals surface area contributed by atoms with Crippen molar-refractivity contribution < 1.29 is 13.9 Å². The zero-order chi connectivity index (χ0) is 21.6. The summed E-state index contributed by atoms with van der Waals surface area (Å²) in [6, 6.07) is 8.72. The molecule has 0 saturated carbocycles. The summed E-state index contributed by atoms with van der Waals surface area (Å²) in [6.07, 6.45) is 2.88. The second-order valence-electron chi connectivity index (χ2n) is 6.78. The van der Waals surface area contributed by atoms with E-state index in [2.05, 4.69) is 30.9 Å². The standard InChI is InChI=1S/C21H20FN7O2/c22-17(10-24)15-11-25-21(26-12-15)16-2-1-14(9-23)7-18(16)31-20-8-19(27-13-28-20)29-3-5-30-6-4-29/h1-2,7-8,11-13,17H,3-6,10,24H2/t17-/m0/s1. The third-order valence-corrected chi connectivity index (χ3v) is 4.77. The summed E-state index contributed by atoms with van der Waals surface area (Å²) in [4.78, 5) is 19.1. The quantitative estimate of drug-likeness (QED) is 0.639. The van der Waals surface area contributed by atoms with Crippen molar-refractivity contribution in [3.8, 4) is 29.1 Å². The van der Waals surface area contributed by atoms with Crippen LogP contribution in [0.15, 0.2) is 43.0 Å². The highest BCUT2D eigenvalue weighted by molar-refractivity contribution is 5.66. The van der Waals surface area contributed by atoms with Crippen LogP contribution in [0.5, 0.6) is 11.6 Å². The SMILES string of the molecule is N#Cc1ccc(-c2ncc([C@@H](F)CN)cn2)c(Oc2cc(N3CCOCC3)ncn2)c1. The van der Waals surface area contributed by atoms with Gasteiger partial charge in [-0.2, -0.15) is 5.26 Å². The fourth-order valence-corrected chi connectivity index (χ4v) is 3.10. The molecule has 31 heavy (non-hydrogen) atoms. The van der Waals surface area contributed by atoms with Crippen molar-refractivity contribution >= 4 is 5.82 Å². The van der Waals surface area contributed by atoms with E-state index in [1.807, 2.05) is 0 Å². The van der Waals surface area contributed by atoms with Gasteiger partial charge in [-0.25, -0.2) is 24.3 Å².